The summed E-state index contributed by atoms with van der Waals surface area (Å²) in [5.41, 5.74) is 3.91. The number of carbonyl (C=O) groups excluding carboxylic acids is 2. The Morgan fingerprint density at radius 2 is 1.70 bits per heavy atom. The van der Waals surface area contributed by atoms with Crippen LogP contribution in [0.15, 0.2) is 71.8 Å². The molecule has 6 heteroatoms. The van der Waals surface area contributed by atoms with E-state index >= 15 is 0 Å². The lowest BCUT2D eigenvalue weighted by molar-refractivity contribution is -0.123. The Hall–Kier alpha value is -3.18. The third kappa shape index (κ3) is 5.67. The number of nitrogens with zero attached hydrogens (tertiary/aromatic N) is 1. The molecule has 3 aromatic rings. The van der Waals surface area contributed by atoms with Gasteiger partial charge in [0.2, 0.25) is 0 Å². The van der Waals surface area contributed by atoms with Crippen molar-refractivity contribution in [1.29, 1.82) is 0 Å². The number of fused-ring (bicyclic) bond motifs is 1. The number of rotatable bonds is 7. The summed E-state index contributed by atoms with van der Waals surface area (Å²) < 4.78 is 0. The first-order valence-electron chi connectivity index (χ1n) is 9.81. The second-order valence-corrected chi connectivity index (χ2v) is 7.90. The van der Waals surface area contributed by atoms with Gasteiger partial charge in [-0.1, -0.05) is 67.9 Å². The molecule has 5 nitrogen and oxygen atoms in total. The van der Waals surface area contributed by atoms with Crippen LogP contribution < -0.4 is 10.7 Å². The summed E-state index contributed by atoms with van der Waals surface area (Å²) in [6, 6.07) is 19.7. The number of benzene rings is 3. The molecular weight excluding hydrogens is 398 g/mol. The van der Waals surface area contributed by atoms with E-state index in [1.54, 1.807) is 30.5 Å². The highest BCUT2D eigenvalue weighted by Crippen LogP contribution is 2.17. The van der Waals surface area contributed by atoms with Crippen LogP contribution in [-0.4, -0.2) is 24.1 Å². The summed E-state index contributed by atoms with van der Waals surface area (Å²) in [7, 11) is 0. The molecular formula is C24H24ClN3O2. The van der Waals surface area contributed by atoms with Gasteiger partial charge in [0.15, 0.2) is 0 Å². The molecule has 0 saturated heterocycles. The van der Waals surface area contributed by atoms with Crippen LogP contribution in [0.25, 0.3) is 10.8 Å². The van der Waals surface area contributed by atoms with Gasteiger partial charge in [0.1, 0.15) is 6.04 Å². The molecule has 0 spiro atoms. The number of hydrogen-bond donors (Lipinski definition) is 2. The SMILES string of the molecule is CC(C)CC(NC(=O)c1ccc(Cl)cc1)C(=O)N/N=C/c1cccc2ccccc12. The second kappa shape index (κ2) is 10.0. The number of nitrogens with one attached hydrogen (secondary N) is 2. The maximum Gasteiger partial charge on any atom is 0.262 e. The van der Waals surface area contributed by atoms with E-state index in [0.717, 1.165) is 16.3 Å². The fourth-order valence-corrected chi connectivity index (χ4v) is 3.28. The quantitative estimate of drug-likeness (QED) is 0.425. The zero-order valence-corrected chi connectivity index (χ0v) is 17.7. The maximum atomic E-state index is 12.7. The zero-order valence-electron chi connectivity index (χ0n) is 16.9. The minimum absolute atomic E-state index is 0.216. The van der Waals surface area contributed by atoms with E-state index < -0.39 is 6.04 Å². The maximum absolute atomic E-state index is 12.7. The topological polar surface area (TPSA) is 70.6 Å². The number of amides is 2. The van der Waals surface area contributed by atoms with Crippen LogP contribution in [0.2, 0.25) is 5.02 Å². The molecule has 0 aromatic heterocycles. The van der Waals surface area contributed by atoms with E-state index in [1.165, 1.54) is 0 Å². The van der Waals surface area contributed by atoms with Crippen molar-refractivity contribution in [1.82, 2.24) is 10.7 Å². The van der Waals surface area contributed by atoms with Gasteiger partial charge in [0.05, 0.1) is 6.21 Å². The molecule has 0 heterocycles. The van der Waals surface area contributed by atoms with Crippen LogP contribution in [-0.2, 0) is 4.79 Å². The van der Waals surface area contributed by atoms with E-state index in [9.17, 15) is 9.59 Å². The number of carbonyl (C=O) groups is 2. The first kappa shape index (κ1) is 21.5. The molecule has 0 fully saturated rings. The minimum Gasteiger partial charge on any atom is -0.340 e. The normalized spacial score (nSPS) is 12.3. The van der Waals surface area contributed by atoms with Crippen molar-refractivity contribution in [2.24, 2.45) is 11.0 Å². The van der Waals surface area contributed by atoms with Crippen LogP contribution in [0, 0.1) is 5.92 Å². The smallest absolute Gasteiger partial charge is 0.262 e. The average molecular weight is 422 g/mol. The molecule has 0 saturated carbocycles. The van der Waals surface area contributed by atoms with Crippen molar-refractivity contribution in [2.45, 2.75) is 26.3 Å². The Morgan fingerprint density at radius 3 is 2.43 bits per heavy atom. The predicted molar refractivity (Wildman–Crippen MR) is 122 cm³/mol. The van der Waals surface area contributed by atoms with Crippen LogP contribution in [0.4, 0.5) is 0 Å². The molecule has 3 rings (SSSR count). The van der Waals surface area contributed by atoms with Gasteiger partial charge < -0.3 is 5.32 Å². The molecule has 0 aliphatic rings. The fourth-order valence-electron chi connectivity index (χ4n) is 3.15. The molecule has 2 N–H and O–H groups in total. The molecule has 0 aliphatic carbocycles. The van der Waals surface area contributed by atoms with E-state index in [2.05, 4.69) is 15.8 Å². The Morgan fingerprint density at radius 1 is 1.00 bits per heavy atom. The predicted octanol–water partition coefficient (Wildman–Crippen LogP) is 4.79. The Balaban J connectivity index is 1.69. The second-order valence-electron chi connectivity index (χ2n) is 7.47. The van der Waals surface area contributed by atoms with Gasteiger partial charge in [-0.25, -0.2) is 5.43 Å². The molecule has 3 aromatic carbocycles. The fraction of sp³-hybridized carbons (Fsp3) is 0.208. The van der Waals surface area contributed by atoms with Crippen molar-refractivity contribution in [3.63, 3.8) is 0 Å². The van der Waals surface area contributed by atoms with Crippen molar-refractivity contribution >= 4 is 40.4 Å². The highest BCUT2D eigenvalue weighted by molar-refractivity contribution is 6.30. The third-order valence-electron chi connectivity index (χ3n) is 4.64. The summed E-state index contributed by atoms with van der Waals surface area (Å²) in [5.74, 6) is -0.471. The summed E-state index contributed by atoms with van der Waals surface area (Å²) in [4.78, 5) is 25.2. The van der Waals surface area contributed by atoms with Gasteiger partial charge in [-0.2, -0.15) is 5.10 Å². The van der Waals surface area contributed by atoms with E-state index in [-0.39, 0.29) is 17.7 Å². The van der Waals surface area contributed by atoms with Gasteiger partial charge in [0, 0.05) is 16.1 Å². The van der Waals surface area contributed by atoms with E-state index in [4.69, 9.17) is 11.6 Å². The molecule has 1 unspecified atom stereocenters. The molecule has 0 bridgehead atoms. The highest BCUT2D eigenvalue weighted by atomic mass is 35.5. The molecule has 30 heavy (non-hydrogen) atoms. The van der Waals surface area contributed by atoms with Crippen LogP contribution in [0.3, 0.4) is 0 Å². The number of hydrogen-bond acceptors (Lipinski definition) is 3. The summed E-state index contributed by atoms with van der Waals surface area (Å²) in [6.07, 6.45) is 2.11. The lowest BCUT2D eigenvalue weighted by atomic mass is 10.0. The van der Waals surface area contributed by atoms with Gasteiger partial charge in [-0.05, 0) is 47.4 Å². The van der Waals surface area contributed by atoms with Gasteiger partial charge in [-0.3, -0.25) is 9.59 Å². The summed E-state index contributed by atoms with van der Waals surface area (Å²) >= 11 is 5.87. The number of halogens is 1. The molecule has 0 aliphatic heterocycles. The van der Waals surface area contributed by atoms with E-state index in [1.807, 2.05) is 56.3 Å². The Kier molecular flexibility index (Phi) is 7.20. The van der Waals surface area contributed by atoms with Crippen LogP contribution in [0.5, 0.6) is 0 Å². The average Bonchev–Trinajstić information content (AvgIpc) is 2.73. The standard InChI is InChI=1S/C24H24ClN3O2/c1-16(2)14-22(27-23(29)18-10-12-20(25)13-11-18)24(30)28-26-15-19-8-5-7-17-6-3-4-9-21(17)19/h3-13,15-16,22H,14H2,1-2H3,(H,27,29)(H,28,30)/b26-15+. The minimum atomic E-state index is -0.696. The van der Waals surface area contributed by atoms with Crippen molar-refractivity contribution < 1.29 is 9.59 Å². The first-order valence-corrected chi connectivity index (χ1v) is 10.2. The highest BCUT2D eigenvalue weighted by Gasteiger charge is 2.22. The molecule has 154 valence electrons. The summed E-state index contributed by atoms with van der Waals surface area (Å²) in [6.45, 7) is 3.99. The van der Waals surface area contributed by atoms with Crippen molar-refractivity contribution in [3.05, 3.63) is 82.9 Å². The van der Waals surface area contributed by atoms with Crippen LogP contribution in [0.1, 0.15) is 36.2 Å². The molecule has 1 atom stereocenters. The summed E-state index contributed by atoms with van der Waals surface area (Å²) in [5, 5.41) is 9.61. The Labute approximate surface area is 181 Å². The van der Waals surface area contributed by atoms with Crippen LogP contribution >= 0.6 is 11.6 Å². The monoisotopic (exact) mass is 421 g/mol. The third-order valence-corrected chi connectivity index (χ3v) is 4.89. The lowest BCUT2D eigenvalue weighted by Crippen LogP contribution is -2.46. The molecule has 2 amide bonds. The van der Waals surface area contributed by atoms with Gasteiger partial charge in [0.25, 0.3) is 11.8 Å². The Bertz CT molecular complexity index is 1060. The first-order chi connectivity index (χ1) is 14.4. The lowest BCUT2D eigenvalue weighted by Gasteiger charge is -2.19. The van der Waals surface area contributed by atoms with E-state index in [0.29, 0.717) is 17.0 Å². The largest absolute Gasteiger partial charge is 0.340 e. The number of hydrazone groups is 1. The van der Waals surface area contributed by atoms with Gasteiger partial charge >= 0.3 is 0 Å². The van der Waals surface area contributed by atoms with Gasteiger partial charge in [-0.15, -0.1) is 0 Å². The zero-order chi connectivity index (χ0) is 21.5. The molecule has 0 radical (unpaired) electrons. The van der Waals surface area contributed by atoms with Crippen molar-refractivity contribution in [2.75, 3.05) is 0 Å². The van der Waals surface area contributed by atoms with Crippen molar-refractivity contribution in [3.8, 4) is 0 Å².